The monoisotopic (exact) mass is 348 g/mol. The van der Waals surface area contributed by atoms with Crippen molar-refractivity contribution in [3.05, 3.63) is 61.9 Å². The summed E-state index contributed by atoms with van der Waals surface area (Å²) in [4.78, 5) is 14.7. The zero-order chi connectivity index (χ0) is 16.2. The van der Waals surface area contributed by atoms with E-state index in [0.717, 1.165) is 16.3 Å². The summed E-state index contributed by atoms with van der Waals surface area (Å²) in [5.74, 6) is 1.04. The van der Waals surface area contributed by atoms with Gasteiger partial charge in [0.05, 0.1) is 22.0 Å². The highest BCUT2D eigenvalue weighted by Gasteiger charge is 2.11. The first-order valence-corrected chi connectivity index (χ1v) is 8.56. The van der Waals surface area contributed by atoms with Crippen LogP contribution in [0.3, 0.4) is 0 Å². The largest absolute Gasteiger partial charge is 0.416 e. The number of non-ortho nitro benzene ring substituents is 1. The highest BCUT2D eigenvalue weighted by Crippen LogP contribution is 2.24. The Labute approximate surface area is 139 Å². The van der Waals surface area contributed by atoms with Gasteiger partial charge in [-0.25, -0.2) is 4.98 Å². The van der Waals surface area contributed by atoms with E-state index >= 15 is 0 Å². The van der Waals surface area contributed by atoms with Crippen LogP contribution in [-0.2, 0) is 12.2 Å². The minimum atomic E-state index is -0.408. The van der Waals surface area contributed by atoms with Gasteiger partial charge >= 0.3 is 0 Å². The average Bonchev–Trinajstić information content (AvgIpc) is 3.15. The maximum atomic E-state index is 10.8. The van der Waals surface area contributed by atoms with E-state index in [2.05, 4.69) is 15.2 Å². The number of benzene rings is 1. The maximum Gasteiger partial charge on any atom is 0.276 e. The van der Waals surface area contributed by atoms with Gasteiger partial charge in [-0.1, -0.05) is 23.9 Å². The van der Waals surface area contributed by atoms with Gasteiger partial charge in [0.25, 0.3) is 10.9 Å². The van der Waals surface area contributed by atoms with Crippen LogP contribution >= 0.6 is 23.1 Å². The van der Waals surface area contributed by atoms with Gasteiger partial charge < -0.3 is 4.42 Å². The first-order chi connectivity index (χ1) is 11.1. The number of aromatic nitrogens is 3. The van der Waals surface area contributed by atoms with Gasteiger partial charge in [0.15, 0.2) is 0 Å². The molecule has 0 saturated heterocycles. The molecule has 118 valence electrons. The molecule has 9 heteroatoms. The van der Waals surface area contributed by atoms with Crippen molar-refractivity contribution in [1.82, 2.24) is 15.2 Å². The lowest BCUT2D eigenvalue weighted by atomic mass is 10.2. The van der Waals surface area contributed by atoms with E-state index in [1.807, 2.05) is 18.4 Å². The van der Waals surface area contributed by atoms with Gasteiger partial charge in [0.2, 0.25) is 5.89 Å². The summed E-state index contributed by atoms with van der Waals surface area (Å²) >= 11 is 2.93. The molecule has 0 N–H and O–H groups in total. The van der Waals surface area contributed by atoms with Crippen molar-refractivity contribution in [2.75, 3.05) is 0 Å². The first-order valence-electron chi connectivity index (χ1n) is 6.69. The molecule has 1 aromatic carbocycles. The van der Waals surface area contributed by atoms with Crippen molar-refractivity contribution in [3.8, 4) is 0 Å². The number of nitro groups is 1. The zero-order valence-electron chi connectivity index (χ0n) is 12.1. The molecular formula is C14H12N4O3S2. The lowest BCUT2D eigenvalue weighted by molar-refractivity contribution is -0.384. The maximum absolute atomic E-state index is 10.8. The molecule has 0 fully saturated rings. The highest BCUT2D eigenvalue weighted by molar-refractivity contribution is 7.98. The van der Waals surface area contributed by atoms with Crippen LogP contribution in [0.5, 0.6) is 0 Å². The molecule has 0 radical (unpaired) electrons. The number of nitro benzene ring substituents is 1. The molecule has 0 bridgehead atoms. The normalized spacial score (nSPS) is 10.8. The summed E-state index contributed by atoms with van der Waals surface area (Å²) in [5.41, 5.74) is 1.82. The Hall–Kier alpha value is -2.26. The van der Waals surface area contributed by atoms with Crippen molar-refractivity contribution in [3.63, 3.8) is 0 Å². The molecule has 3 rings (SSSR count). The predicted molar refractivity (Wildman–Crippen MR) is 86.6 cm³/mol. The van der Waals surface area contributed by atoms with Crippen LogP contribution in [-0.4, -0.2) is 20.1 Å². The summed E-state index contributed by atoms with van der Waals surface area (Å²) < 4.78 is 5.57. The van der Waals surface area contributed by atoms with Gasteiger partial charge in [-0.15, -0.1) is 21.5 Å². The number of thiazole rings is 1. The SMILES string of the molecule is Cc1nc(Cc2nnc(SCc3cccc([N+](=O)[O-])c3)o2)cs1. The van der Waals surface area contributed by atoms with Crippen molar-refractivity contribution in [1.29, 1.82) is 0 Å². The molecule has 7 nitrogen and oxygen atoms in total. The van der Waals surface area contributed by atoms with Crippen LogP contribution in [0.4, 0.5) is 5.69 Å². The molecule has 0 aliphatic heterocycles. The van der Waals surface area contributed by atoms with E-state index in [0.29, 0.717) is 23.3 Å². The second-order valence-electron chi connectivity index (χ2n) is 4.71. The Morgan fingerprint density at radius 3 is 3.00 bits per heavy atom. The van der Waals surface area contributed by atoms with Gasteiger partial charge in [0.1, 0.15) is 0 Å². The Bertz CT molecular complexity index is 831. The number of hydrogen-bond acceptors (Lipinski definition) is 8. The van der Waals surface area contributed by atoms with Gasteiger partial charge in [-0.2, -0.15) is 0 Å². The molecule has 0 atom stereocenters. The lowest BCUT2D eigenvalue weighted by Gasteiger charge is -1.98. The third-order valence-electron chi connectivity index (χ3n) is 2.93. The predicted octanol–water partition coefficient (Wildman–Crippen LogP) is 3.63. The van der Waals surface area contributed by atoms with Crippen molar-refractivity contribution >= 4 is 28.8 Å². The van der Waals surface area contributed by atoms with Crippen LogP contribution < -0.4 is 0 Å². The Morgan fingerprint density at radius 1 is 1.39 bits per heavy atom. The zero-order valence-corrected chi connectivity index (χ0v) is 13.8. The minimum Gasteiger partial charge on any atom is -0.416 e. The Morgan fingerprint density at radius 2 is 2.26 bits per heavy atom. The molecule has 0 aliphatic rings. The number of thioether (sulfide) groups is 1. The molecule has 2 aromatic heterocycles. The summed E-state index contributed by atoms with van der Waals surface area (Å²) in [6.45, 7) is 1.95. The molecule has 0 spiro atoms. The summed E-state index contributed by atoms with van der Waals surface area (Å²) in [7, 11) is 0. The number of rotatable bonds is 6. The van der Waals surface area contributed by atoms with E-state index in [1.54, 1.807) is 23.5 Å². The molecular weight excluding hydrogens is 336 g/mol. The topological polar surface area (TPSA) is 95.0 Å². The van der Waals surface area contributed by atoms with Gasteiger partial charge in [0, 0.05) is 23.3 Å². The van der Waals surface area contributed by atoms with Crippen LogP contribution in [0, 0.1) is 17.0 Å². The molecule has 0 unspecified atom stereocenters. The molecule has 0 saturated carbocycles. The van der Waals surface area contributed by atoms with Crippen molar-refractivity contribution < 1.29 is 9.34 Å². The minimum absolute atomic E-state index is 0.0771. The number of nitrogens with zero attached hydrogens (tertiary/aromatic N) is 4. The van der Waals surface area contributed by atoms with Crippen LogP contribution in [0.1, 0.15) is 22.2 Å². The second-order valence-corrected chi connectivity index (χ2v) is 6.70. The fraction of sp³-hybridized carbons (Fsp3) is 0.214. The van der Waals surface area contributed by atoms with E-state index in [1.165, 1.54) is 17.8 Å². The average molecular weight is 348 g/mol. The molecule has 23 heavy (non-hydrogen) atoms. The van der Waals surface area contributed by atoms with Crippen molar-refractivity contribution in [2.24, 2.45) is 0 Å². The van der Waals surface area contributed by atoms with E-state index in [9.17, 15) is 10.1 Å². The van der Waals surface area contributed by atoms with E-state index < -0.39 is 4.92 Å². The van der Waals surface area contributed by atoms with Gasteiger partial charge in [-0.05, 0) is 12.5 Å². The number of hydrogen-bond donors (Lipinski definition) is 0. The lowest BCUT2D eigenvalue weighted by Crippen LogP contribution is -1.89. The third-order valence-corrected chi connectivity index (χ3v) is 4.64. The first kappa shape index (κ1) is 15.6. The molecule has 0 amide bonds. The van der Waals surface area contributed by atoms with Crippen molar-refractivity contribution in [2.45, 2.75) is 24.3 Å². The quantitative estimate of drug-likeness (QED) is 0.381. The summed E-state index contributed by atoms with van der Waals surface area (Å²) in [6.07, 6.45) is 0.509. The molecule has 2 heterocycles. The fourth-order valence-electron chi connectivity index (χ4n) is 1.92. The standard InChI is InChI=1S/C14H12N4O3S2/c1-9-15-11(8-22-9)6-13-16-17-14(21-13)23-7-10-3-2-4-12(5-10)18(19)20/h2-5,8H,6-7H2,1H3. The summed E-state index contributed by atoms with van der Waals surface area (Å²) in [5, 5.41) is 22.1. The van der Waals surface area contributed by atoms with Crippen LogP contribution in [0.25, 0.3) is 0 Å². The summed E-state index contributed by atoms with van der Waals surface area (Å²) in [6, 6.07) is 6.50. The smallest absolute Gasteiger partial charge is 0.276 e. The van der Waals surface area contributed by atoms with Gasteiger partial charge in [-0.3, -0.25) is 10.1 Å². The van der Waals surface area contributed by atoms with E-state index in [-0.39, 0.29) is 5.69 Å². The van der Waals surface area contributed by atoms with Crippen LogP contribution in [0.15, 0.2) is 39.3 Å². The molecule has 0 aliphatic carbocycles. The Balaban J connectivity index is 1.61. The fourth-order valence-corrected chi connectivity index (χ4v) is 3.25. The third kappa shape index (κ3) is 4.14. The Kier molecular flexibility index (Phi) is 4.68. The van der Waals surface area contributed by atoms with E-state index in [4.69, 9.17) is 4.42 Å². The van der Waals surface area contributed by atoms with Crippen LogP contribution in [0.2, 0.25) is 0 Å². The number of aryl methyl sites for hydroxylation is 1. The highest BCUT2D eigenvalue weighted by atomic mass is 32.2. The molecule has 3 aromatic rings. The second kappa shape index (κ2) is 6.88.